The van der Waals surface area contributed by atoms with Gasteiger partial charge in [0.1, 0.15) is 12.1 Å². The van der Waals surface area contributed by atoms with Gasteiger partial charge in [0.05, 0.1) is 0 Å². The Hall–Kier alpha value is -1.69. The van der Waals surface area contributed by atoms with Gasteiger partial charge in [-0.3, -0.25) is 0 Å². The first-order valence-corrected chi connectivity index (χ1v) is 5.90. The molecular weight excluding hydrogens is 216 g/mol. The van der Waals surface area contributed by atoms with E-state index in [-0.39, 0.29) is 0 Å². The van der Waals surface area contributed by atoms with Crippen LogP contribution in [0, 0.1) is 12.8 Å². The molecule has 1 atom stereocenters. The molecule has 0 saturated carbocycles. The molecule has 2 aromatic rings. The monoisotopic (exact) mass is 232 g/mol. The number of anilines is 1. The minimum atomic E-state index is 0.585. The topological polar surface area (TPSA) is 72.3 Å². The van der Waals surface area contributed by atoms with Crippen LogP contribution in [0.5, 0.6) is 0 Å². The van der Waals surface area contributed by atoms with Crippen LogP contribution in [0.1, 0.15) is 12.1 Å². The molecule has 2 aromatic heterocycles. The third-order valence-corrected chi connectivity index (χ3v) is 3.30. The van der Waals surface area contributed by atoms with Crippen molar-refractivity contribution in [2.45, 2.75) is 13.3 Å². The quantitative estimate of drug-likeness (QED) is 0.801. The van der Waals surface area contributed by atoms with E-state index in [2.05, 4.69) is 26.0 Å². The standard InChI is InChI=1S/C11H16N6/c1-8-4-10(16-3-2-9(5-12)6-16)17-11(15-8)13-7-14-17/h4,7,9H,2-3,5-6,12H2,1H3. The molecule has 0 spiro atoms. The molecule has 1 fully saturated rings. The second-order valence-electron chi connectivity index (χ2n) is 4.56. The fourth-order valence-corrected chi connectivity index (χ4v) is 2.37. The normalized spacial score (nSPS) is 20.4. The van der Waals surface area contributed by atoms with Crippen molar-refractivity contribution < 1.29 is 0 Å². The second kappa shape index (κ2) is 3.96. The summed E-state index contributed by atoms with van der Waals surface area (Å²) in [5, 5.41) is 4.23. The van der Waals surface area contributed by atoms with Crippen LogP contribution in [0.15, 0.2) is 12.4 Å². The van der Waals surface area contributed by atoms with Gasteiger partial charge in [-0.25, -0.2) is 4.98 Å². The van der Waals surface area contributed by atoms with Crippen LogP contribution < -0.4 is 10.6 Å². The van der Waals surface area contributed by atoms with Crippen molar-refractivity contribution in [1.29, 1.82) is 0 Å². The fourth-order valence-electron chi connectivity index (χ4n) is 2.37. The number of rotatable bonds is 2. The van der Waals surface area contributed by atoms with E-state index in [1.165, 1.54) is 0 Å². The van der Waals surface area contributed by atoms with Crippen molar-refractivity contribution in [3.05, 3.63) is 18.1 Å². The van der Waals surface area contributed by atoms with Gasteiger partial charge in [-0.05, 0) is 25.8 Å². The van der Waals surface area contributed by atoms with Crippen LogP contribution in [-0.4, -0.2) is 39.2 Å². The van der Waals surface area contributed by atoms with Gasteiger partial charge in [0.2, 0.25) is 0 Å². The largest absolute Gasteiger partial charge is 0.356 e. The molecule has 17 heavy (non-hydrogen) atoms. The summed E-state index contributed by atoms with van der Waals surface area (Å²) in [6.07, 6.45) is 2.69. The maximum atomic E-state index is 5.72. The van der Waals surface area contributed by atoms with E-state index in [4.69, 9.17) is 5.73 Å². The first-order chi connectivity index (χ1) is 8.28. The maximum Gasteiger partial charge on any atom is 0.254 e. The lowest BCUT2D eigenvalue weighted by Gasteiger charge is -2.19. The molecule has 1 aliphatic rings. The summed E-state index contributed by atoms with van der Waals surface area (Å²) in [6.45, 7) is 4.75. The van der Waals surface area contributed by atoms with Crippen LogP contribution in [0.4, 0.5) is 5.82 Å². The van der Waals surface area contributed by atoms with Crippen LogP contribution in [-0.2, 0) is 0 Å². The van der Waals surface area contributed by atoms with Gasteiger partial charge in [0.15, 0.2) is 0 Å². The minimum absolute atomic E-state index is 0.585. The highest BCUT2D eigenvalue weighted by Gasteiger charge is 2.23. The Morgan fingerprint density at radius 1 is 1.53 bits per heavy atom. The predicted molar refractivity (Wildman–Crippen MR) is 64.9 cm³/mol. The van der Waals surface area contributed by atoms with Crippen molar-refractivity contribution in [3.63, 3.8) is 0 Å². The maximum absolute atomic E-state index is 5.72. The van der Waals surface area contributed by atoms with Crippen LogP contribution >= 0.6 is 0 Å². The van der Waals surface area contributed by atoms with Gasteiger partial charge in [-0.1, -0.05) is 0 Å². The molecule has 1 saturated heterocycles. The molecular formula is C11H16N6. The molecule has 6 nitrogen and oxygen atoms in total. The fraction of sp³-hybridized carbons (Fsp3) is 0.545. The van der Waals surface area contributed by atoms with E-state index in [1.807, 2.05) is 6.92 Å². The van der Waals surface area contributed by atoms with Gasteiger partial charge in [-0.2, -0.15) is 14.6 Å². The summed E-state index contributed by atoms with van der Waals surface area (Å²) in [5.74, 6) is 2.32. The molecule has 2 N–H and O–H groups in total. The summed E-state index contributed by atoms with van der Waals surface area (Å²) in [6, 6.07) is 2.06. The predicted octanol–water partition coefficient (Wildman–Crippen LogP) is 0.218. The van der Waals surface area contributed by atoms with Gasteiger partial charge in [0.25, 0.3) is 5.78 Å². The molecule has 90 valence electrons. The SMILES string of the molecule is Cc1cc(N2CCC(CN)C2)n2ncnc2n1. The molecule has 0 radical (unpaired) electrons. The molecule has 1 aliphatic heterocycles. The number of hydrogen-bond acceptors (Lipinski definition) is 5. The Labute approximate surface area is 99.5 Å². The van der Waals surface area contributed by atoms with Crippen LogP contribution in [0.25, 0.3) is 5.78 Å². The number of hydrogen-bond donors (Lipinski definition) is 1. The zero-order chi connectivity index (χ0) is 11.8. The number of nitrogens with zero attached hydrogens (tertiary/aromatic N) is 5. The van der Waals surface area contributed by atoms with Crippen molar-refractivity contribution in [2.75, 3.05) is 24.5 Å². The summed E-state index contributed by atoms with van der Waals surface area (Å²) in [4.78, 5) is 10.8. The third kappa shape index (κ3) is 1.74. The lowest BCUT2D eigenvalue weighted by molar-refractivity contribution is 0.601. The molecule has 0 aliphatic carbocycles. The first-order valence-electron chi connectivity index (χ1n) is 5.90. The molecule has 0 bridgehead atoms. The molecule has 0 aromatic carbocycles. The molecule has 3 rings (SSSR count). The Bertz CT molecular complexity index is 534. The first kappa shape index (κ1) is 10.5. The number of nitrogens with two attached hydrogens (primary N) is 1. The number of fused-ring (bicyclic) bond motifs is 1. The number of aromatic nitrogens is 4. The van der Waals surface area contributed by atoms with Gasteiger partial charge >= 0.3 is 0 Å². The van der Waals surface area contributed by atoms with E-state index >= 15 is 0 Å². The smallest absolute Gasteiger partial charge is 0.254 e. The second-order valence-corrected chi connectivity index (χ2v) is 4.56. The highest BCUT2D eigenvalue weighted by Crippen LogP contribution is 2.23. The summed E-state index contributed by atoms with van der Waals surface area (Å²) in [7, 11) is 0. The Balaban J connectivity index is 2.02. The summed E-state index contributed by atoms with van der Waals surface area (Å²) < 4.78 is 1.80. The molecule has 6 heteroatoms. The lowest BCUT2D eigenvalue weighted by Crippen LogP contribution is -2.25. The van der Waals surface area contributed by atoms with E-state index < -0.39 is 0 Å². The van der Waals surface area contributed by atoms with Crippen molar-refractivity contribution >= 4 is 11.6 Å². The zero-order valence-corrected chi connectivity index (χ0v) is 9.87. The van der Waals surface area contributed by atoms with Crippen LogP contribution in [0.2, 0.25) is 0 Å². The van der Waals surface area contributed by atoms with Gasteiger partial charge in [0, 0.05) is 24.8 Å². The van der Waals surface area contributed by atoms with Gasteiger partial charge in [-0.15, -0.1) is 0 Å². The highest BCUT2D eigenvalue weighted by atomic mass is 15.4. The Morgan fingerprint density at radius 2 is 2.41 bits per heavy atom. The Morgan fingerprint density at radius 3 is 3.18 bits per heavy atom. The summed E-state index contributed by atoms with van der Waals surface area (Å²) >= 11 is 0. The molecule has 3 heterocycles. The van der Waals surface area contributed by atoms with Gasteiger partial charge < -0.3 is 10.6 Å². The average Bonchev–Trinajstić information content (AvgIpc) is 2.95. The van der Waals surface area contributed by atoms with Crippen molar-refractivity contribution in [1.82, 2.24) is 19.6 Å². The number of aryl methyl sites for hydroxylation is 1. The van der Waals surface area contributed by atoms with Crippen LogP contribution in [0.3, 0.4) is 0 Å². The van der Waals surface area contributed by atoms with E-state index in [0.717, 1.165) is 37.6 Å². The lowest BCUT2D eigenvalue weighted by atomic mass is 10.1. The summed E-state index contributed by atoms with van der Waals surface area (Å²) in [5.41, 5.74) is 6.69. The van der Waals surface area contributed by atoms with E-state index in [9.17, 15) is 0 Å². The average molecular weight is 232 g/mol. The van der Waals surface area contributed by atoms with E-state index in [1.54, 1.807) is 10.8 Å². The highest BCUT2D eigenvalue weighted by molar-refractivity contribution is 5.47. The van der Waals surface area contributed by atoms with Crippen molar-refractivity contribution in [3.8, 4) is 0 Å². The van der Waals surface area contributed by atoms with Crippen molar-refractivity contribution in [2.24, 2.45) is 11.7 Å². The Kier molecular flexibility index (Phi) is 2.44. The zero-order valence-electron chi connectivity index (χ0n) is 9.87. The molecule has 0 amide bonds. The van der Waals surface area contributed by atoms with E-state index in [0.29, 0.717) is 11.7 Å². The third-order valence-electron chi connectivity index (χ3n) is 3.30. The molecule has 1 unspecified atom stereocenters. The minimum Gasteiger partial charge on any atom is -0.356 e.